The van der Waals surface area contributed by atoms with Crippen molar-refractivity contribution < 1.29 is 4.52 Å². The largest absolute Gasteiger partial charge is 0.361 e. The number of rotatable bonds is 7. The zero-order valence-corrected chi connectivity index (χ0v) is 14.1. The van der Waals surface area contributed by atoms with Crippen LogP contribution >= 0.6 is 11.8 Å². The van der Waals surface area contributed by atoms with E-state index in [1.165, 1.54) is 16.0 Å². The molecule has 0 atom stereocenters. The van der Waals surface area contributed by atoms with Crippen molar-refractivity contribution in [3.8, 4) is 0 Å². The molecule has 2 rings (SSSR count). The van der Waals surface area contributed by atoms with Crippen LogP contribution in [0.4, 0.5) is 0 Å². The summed E-state index contributed by atoms with van der Waals surface area (Å²) in [5.41, 5.74) is 3.54. The minimum absolute atomic E-state index is 0.690. The van der Waals surface area contributed by atoms with Gasteiger partial charge in [-0.1, -0.05) is 31.1 Å². The van der Waals surface area contributed by atoms with Crippen LogP contribution in [0.25, 0.3) is 0 Å². The molecule has 2 aromatic rings. The van der Waals surface area contributed by atoms with Crippen LogP contribution in [0.5, 0.6) is 0 Å². The van der Waals surface area contributed by atoms with Crippen LogP contribution in [-0.2, 0) is 12.3 Å². The van der Waals surface area contributed by atoms with E-state index in [0.717, 1.165) is 30.3 Å². The fourth-order valence-corrected chi connectivity index (χ4v) is 3.12. The van der Waals surface area contributed by atoms with Gasteiger partial charge in [0, 0.05) is 22.8 Å². The first kappa shape index (κ1) is 16.1. The molecule has 0 aliphatic heterocycles. The highest BCUT2D eigenvalue weighted by Crippen LogP contribution is 2.26. The molecule has 1 aromatic heterocycles. The average Bonchev–Trinajstić information content (AvgIpc) is 2.77. The Kier molecular flexibility index (Phi) is 5.88. The van der Waals surface area contributed by atoms with E-state index in [4.69, 9.17) is 4.52 Å². The zero-order chi connectivity index (χ0) is 15.2. The Hall–Kier alpha value is -1.26. The van der Waals surface area contributed by atoms with Gasteiger partial charge in [0.05, 0.1) is 5.69 Å². The Labute approximate surface area is 131 Å². The lowest BCUT2D eigenvalue weighted by Gasteiger charge is -2.08. The number of benzene rings is 1. The molecule has 0 fully saturated rings. The third-order valence-electron chi connectivity index (χ3n) is 3.37. The summed E-state index contributed by atoms with van der Waals surface area (Å²) in [6.07, 6.45) is 0. The highest BCUT2D eigenvalue weighted by molar-refractivity contribution is 7.98. The van der Waals surface area contributed by atoms with Crippen molar-refractivity contribution in [3.05, 3.63) is 46.8 Å². The van der Waals surface area contributed by atoms with Gasteiger partial charge in [-0.25, -0.2) is 0 Å². The molecule has 1 N–H and O–H groups in total. The summed E-state index contributed by atoms with van der Waals surface area (Å²) in [5.74, 6) is 2.52. The Morgan fingerprint density at radius 3 is 2.48 bits per heavy atom. The lowest BCUT2D eigenvalue weighted by Crippen LogP contribution is -2.18. The predicted molar refractivity (Wildman–Crippen MR) is 88.5 cm³/mol. The van der Waals surface area contributed by atoms with E-state index < -0.39 is 0 Å². The van der Waals surface area contributed by atoms with Crippen molar-refractivity contribution in [3.63, 3.8) is 0 Å². The molecule has 0 radical (unpaired) electrons. The quantitative estimate of drug-likeness (QED) is 0.773. The molecule has 0 aliphatic rings. The minimum atomic E-state index is 0.690. The second-order valence-electron chi connectivity index (χ2n) is 5.76. The van der Waals surface area contributed by atoms with E-state index in [9.17, 15) is 0 Å². The topological polar surface area (TPSA) is 38.1 Å². The molecule has 0 unspecified atom stereocenters. The molecular weight excluding hydrogens is 280 g/mol. The predicted octanol–water partition coefficient (Wildman–Crippen LogP) is 4.33. The molecule has 0 amide bonds. The van der Waals surface area contributed by atoms with Crippen molar-refractivity contribution >= 4 is 11.8 Å². The van der Waals surface area contributed by atoms with Gasteiger partial charge in [-0.05, 0) is 44.0 Å². The molecule has 0 saturated heterocycles. The van der Waals surface area contributed by atoms with E-state index in [-0.39, 0.29) is 0 Å². The first-order valence-electron chi connectivity index (χ1n) is 7.40. The Morgan fingerprint density at radius 2 is 1.90 bits per heavy atom. The standard InChI is InChI=1S/C17H24N2OS/c1-12(2)9-18-10-15-5-7-16(8-6-15)21-11-17-13(3)19-20-14(17)4/h5-8,12,18H,9-11H2,1-4H3. The second-order valence-corrected chi connectivity index (χ2v) is 6.81. The third-order valence-corrected chi connectivity index (χ3v) is 4.41. The molecule has 1 heterocycles. The van der Waals surface area contributed by atoms with E-state index in [0.29, 0.717) is 5.92 Å². The van der Waals surface area contributed by atoms with E-state index in [1.807, 2.05) is 25.6 Å². The van der Waals surface area contributed by atoms with E-state index in [2.05, 4.69) is 48.6 Å². The number of aromatic nitrogens is 1. The average molecular weight is 304 g/mol. The van der Waals surface area contributed by atoms with Crippen LogP contribution in [0.3, 0.4) is 0 Å². The number of aryl methyl sites for hydroxylation is 2. The monoisotopic (exact) mass is 304 g/mol. The van der Waals surface area contributed by atoms with Gasteiger partial charge < -0.3 is 9.84 Å². The normalized spacial score (nSPS) is 11.3. The van der Waals surface area contributed by atoms with Crippen LogP contribution in [0.2, 0.25) is 0 Å². The molecule has 0 spiro atoms. The second kappa shape index (κ2) is 7.66. The molecule has 1 aromatic carbocycles. The van der Waals surface area contributed by atoms with E-state index in [1.54, 1.807) is 0 Å². The molecule has 4 heteroatoms. The first-order chi connectivity index (χ1) is 10.1. The smallest absolute Gasteiger partial charge is 0.137 e. The summed E-state index contributed by atoms with van der Waals surface area (Å²) in [4.78, 5) is 1.28. The minimum Gasteiger partial charge on any atom is -0.361 e. The maximum absolute atomic E-state index is 5.19. The van der Waals surface area contributed by atoms with Gasteiger partial charge >= 0.3 is 0 Å². The first-order valence-corrected chi connectivity index (χ1v) is 8.39. The summed E-state index contributed by atoms with van der Waals surface area (Å²) < 4.78 is 5.19. The maximum Gasteiger partial charge on any atom is 0.137 e. The van der Waals surface area contributed by atoms with Crippen molar-refractivity contribution in [2.45, 2.75) is 44.9 Å². The molecule has 114 valence electrons. The Balaban J connectivity index is 1.85. The van der Waals surface area contributed by atoms with Gasteiger partial charge in [-0.15, -0.1) is 11.8 Å². The third kappa shape index (κ3) is 4.90. The molecule has 21 heavy (non-hydrogen) atoms. The molecule has 0 bridgehead atoms. The number of hydrogen-bond donors (Lipinski definition) is 1. The van der Waals surface area contributed by atoms with Crippen molar-refractivity contribution in [1.29, 1.82) is 0 Å². The van der Waals surface area contributed by atoms with Gasteiger partial charge in [0.1, 0.15) is 5.76 Å². The van der Waals surface area contributed by atoms with Gasteiger partial charge in [0.2, 0.25) is 0 Å². The molecule has 3 nitrogen and oxygen atoms in total. The highest BCUT2D eigenvalue weighted by atomic mass is 32.2. The zero-order valence-electron chi connectivity index (χ0n) is 13.3. The Morgan fingerprint density at radius 1 is 1.19 bits per heavy atom. The molecule has 0 aliphatic carbocycles. The summed E-state index contributed by atoms with van der Waals surface area (Å²) in [6, 6.07) is 8.77. The number of nitrogens with one attached hydrogen (secondary N) is 1. The van der Waals surface area contributed by atoms with Crippen molar-refractivity contribution in [1.82, 2.24) is 10.5 Å². The summed E-state index contributed by atoms with van der Waals surface area (Å²) in [6.45, 7) is 10.4. The van der Waals surface area contributed by atoms with Gasteiger partial charge in [0.25, 0.3) is 0 Å². The highest BCUT2D eigenvalue weighted by Gasteiger charge is 2.09. The van der Waals surface area contributed by atoms with Crippen molar-refractivity contribution in [2.24, 2.45) is 5.92 Å². The number of hydrogen-bond acceptors (Lipinski definition) is 4. The van der Waals surface area contributed by atoms with Gasteiger partial charge in [-0.3, -0.25) is 0 Å². The number of nitrogens with zero attached hydrogens (tertiary/aromatic N) is 1. The van der Waals surface area contributed by atoms with E-state index >= 15 is 0 Å². The maximum atomic E-state index is 5.19. The van der Waals surface area contributed by atoms with Crippen LogP contribution < -0.4 is 5.32 Å². The fraction of sp³-hybridized carbons (Fsp3) is 0.471. The van der Waals surface area contributed by atoms with Crippen LogP contribution in [0.1, 0.15) is 36.4 Å². The lowest BCUT2D eigenvalue weighted by atomic mass is 10.2. The molecule has 0 saturated carbocycles. The summed E-state index contributed by atoms with van der Waals surface area (Å²) in [7, 11) is 0. The van der Waals surface area contributed by atoms with Crippen LogP contribution in [-0.4, -0.2) is 11.7 Å². The summed E-state index contributed by atoms with van der Waals surface area (Å²) in [5, 5.41) is 7.46. The SMILES string of the molecule is Cc1noc(C)c1CSc1ccc(CNCC(C)C)cc1. The van der Waals surface area contributed by atoms with Gasteiger partial charge in [0.15, 0.2) is 0 Å². The van der Waals surface area contributed by atoms with Crippen LogP contribution in [0, 0.1) is 19.8 Å². The number of thioether (sulfide) groups is 1. The van der Waals surface area contributed by atoms with Gasteiger partial charge in [-0.2, -0.15) is 0 Å². The summed E-state index contributed by atoms with van der Waals surface area (Å²) >= 11 is 1.82. The van der Waals surface area contributed by atoms with Crippen molar-refractivity contribution in [2.75, 3.05) is 6.54 Å². The Bertz CT molecular complexity index is 541. The lowest BCUT2D eigenvalue weighted by molar-refractivity contribution is 0.392. The molecular formula is C17H24N2OS. The fourth-order valence-electron chi connectivity index (χ4n) is 2.07. The van der Waals surface area contributed by atoms with Crippen LogP contribution in [0.15, 0.2) is 33.7 Å².